The van der Waals surface area contributed by atoms with Crippen LogP contribution in [0.3, 0.4) is 0 Å². The van der Waals surface area contributed by atoms with Crippen LogP contribution in [0.2, 0.25) is 10.0 Å². The van der Waals surface area contributed by atoms with Crippen molar-refractivity contribution >= 4 is 52.3 Å². The molecule has 2 atom stereocenters. The third-order valence-corrected chi connectivity index (χ3v) is 7.39. The topological polar surface area (TPSA) is 113 Å². The molecule has 3 heterocycles. The largest absolute Gasteiger partial charge is 0.481 e. The van der Waals surface area contributed by atoms with Crippen molar-refractivity contribution in [1.82, 2.24) is 15.2 Å². The number of hydrogen-bond acceptors (Lipinski definition) is 9. The van der Waals surface area contributed by atoms with Gasteiger partial charge in [0.25, 0.3) is 0 Å². The van der Waals surface area contributed by atoms with Crippen LogP contribution >= 0.6 is 34.5 Å². The van der Waals surface area contributed by atoms with E-state index in [-0.39, 0.29) is 32.2 Å². The van der Waals surface area contributed by atoms with Crippen LogP contribution in [0.15, 0.2) is 46.0 Å². The molecule has 1 saturated heterocycles. The average Bonchev–Trinajstić information content (AvgIpc) is 3.35. The number of esters is 1. The van der Waals surface area contributed by atoms with E-state index >= 15 is 0 Å². The van der Waals surface area contributed by atoms with Gasteiger partial charge < -0.3 is 19.9 Å². The zero-order chi connectivity index (χ0) is 26.7. The summed E-state index contributed by atoms with van der Waals surface area (Å²) in [6.45, 7) is 6.76. The van der Waals surface area contributed by atoms with Crippen molar-refractivity contribution in [3.8, 4) is 0 Å². The van der Waals surface area contributed by atoms with Crippen molar-refractivity contribution in [2.24, 2.45) is 4.99 Å². The van der Waals surface area contributed by atoms with Crippen molar-refractivity contribution < 1.29 is 24.2 Å². The van der Waals surface area contributed by atoms with Crippen molar-refractivity contribution in [3.63, 3.8) is 0 Å². The molecule has 2 aromatic rings. The Morgan fingerprint density at radius 3 is 2.78 bits per heavy atom. The number of carboxylic acid groups (broad SMARTS) is 1. The fraction of sp³-hybridized carbons (Fsp3) is 0.440. The van der Waals surface area contributed by atoms with E-state index in [9.17, 15) is 14.7 Å². The van der Waals surface area contributed by atoms with Gasteiger partial charge in [0.05, 0.1) is 30.8 Å². The highest BCUT2D eigenvalue weighted by Crippen LogP contribution is 2.38. The number of carbonyl (C=O) groups is 2. The van der Waals surface area contributed by atoms with E-state index < -0.39 is 23.6 Å². The van der Waals surface area contributed by atoms with Gasteiger partial charge in [-0.25, -0.2) is 9.78 Å². The van der Waals surface area contributed by atoms with E-state index in [1.807, 2.05) is 24.1 Å². The van der Waals surface area contributed by atoms with Gasteiger partial charge in [-0.1, -0.05) is 29.3 Å². The summed E-state index contributed by atoms with van der Waals surface area (Å²) < 4.78 is 11.4. The van der Waals surface area contributed by atoms with Crippen molar-refractivity contribution in [1.29, 1.82) is 0 Å². The summed E-state index contributed by atoms with van der Waals surface area (Å²) in [7, 11) is 0. The average molecular weight is 567 g/mol. The molecule has 1 fully saturated rings. The van der Waals surface area contributed by atoms with Crippen LogP contribution in [0.5, 0.6) is 0 Å². The molecular weight excluding hydrogens is 539 g/mol. The lowest BCUT2D eigenvalue weighted by Crippen LogP contribution is -2.56. The molecule has 9 nitrogen and oxygen atoms in total. The van der Waals surface area contributed by atoms with Crippen LogP contribution in [-0.4, -0.2) is 70.7 Å². The molecule has 2 aliphatic rings. The number of carbonyl (C=O) groups excluding carboxylic acids is 1. The van der Waals surface area contributed by atoms with Gasteiger partial charge in [0.1, 0.15) is 6.04 Å². The molecule has 4 rings (SSSR count). The summed E-state index contributed by atoms with van der Waals surface area (Å²) in [6.07, 6.45) is 1.57. The quantitative estimate of drug-likeness (QED) is 0.454. The maximum Gasteiger partial charge on any atom is 0.338 e. The lowest BCUT2D eigenvalue weighted by atomic mass is 9.94. The van der Waals surface area contributed by atoms with Crippen molar-refractivity contribution in [3.05, 3.63) is 61.7 Å². The minimum Gasteiger partial charge on any atom is -0.481 e. The molecular formula is C25H28Cl2N4O5S. The first-order valence-corrected chi connectivity index (χ1v) is 13.4. The van der Waals surface area contributed by atoms with Crippen LogP contribution in [0, 0.1) is 0 Å². The first kappa shape index (κ1) is 27.5. The smallest absolute Gasteiger partial charge is 0.338 e. The summed E-state index contributed by atoms with van der Waals surface area (Å²) in [4.78, 5) is 36.2. The Morgan fingerprint density at radius 2 is 2.14 bits per heavy atom. The normalized spacial score (nSPS) is 21.8. The third-order valence-electron chi connectivity index (χ3n) is 6.05. The Kier molecular flexibility index (Phi) is 8.55. The number of thiazole rings is 1. The molecule has 1 aromatic carbocycles. The van der Waals surface area contributed by atoms with Crippen LogP contribution in [-0.2, 0) is 19.1 Å². The van der Waals surface area contributed by atoms with Gasteiger partial charge in [-0.2, -0.15) is 0 Å². The Hall–Kier alpha value is -2.50. The third kappa shape index (κ3) is 6.50. The predicted octanol–water partition coefficient (Wildman–Crippen LogP) is 4.31. The number of nitrogens with zero attached hydrogens (tertiary/aromatic N) is 3. The second-order valence-electron chi connectivity index (χ2n) is 9.35. The number of hydrogen-bond donors (Lipinski definition) is 2. The molecule has 37 heavy (non-hydrogen) atoms. The van der Waals surface area contributed by atoms with Gasteiger partial charge in [-0.3, -0.25) is 14.7 Å². The number of morpholine rings is 1. The minimum absolute atomic E-state index is 0.0992. The van der Waals surface area contributed by atoms with Crippen LogP contribution in [0.1, 0.15) is 43.8 Å². The number of carboxylic acids is 1. The highest BCUT2D eigenvalue weighted by molar-refractivity contribution is 7.11. The van der Waals surface area contributed by atoms with Crippen LogP contribution in [0.4, 0.5) is 0 Å². The molecule has 0 amide bonds. The summed E-state index contributed by atoms with van der Waals surface area (Å²) >= 11 is 14.1. The second kappa shape index (κ2) is 11.5. The number of halogens is 2. The lowest BCUT2D eigenvalue weighted by Gasteiger charge is -2.44. The molecule has 2 aliphatic heterocycles. The molecule has 0 bridgehead atoms. The molecule has 12 heteroatoms. The highest BCUT2D eigenvalue weighted by atomic mass is 35.5. The number of rotatable bonds is 8. The van der Waals surface area contributed by atoms with Gasteiger partial charge in [-0.15, -0.1) is 11.3 Å². The molecule has 0 spiro atoms. The minimum atomic E-state index is -0.926. The first-order chi connectivity index (χ1) is 17.6. The SMILES string of the molecule is CCOC(=O)C1=C(CN2CC(C)(C)OCC2CC(=O)O)NC(c2nccs2)=NC1c1ccc(Cl)cc1Cl. The van der Waals surface area contributed by atoms with Gasteiger partial charge in [-0.05, 0) is 32.9 Å². The van der Waals surface area contributed by atoms with Crippen molar-refractivity contribution in [2.45, 2.75) is 44.9 Å². The van der Waals surface area contributed by atoms with E-state index in [1.165, 1.54) is 11.3 Å². The predicted molar refractivity (Wildman–Crippen MR) is 142 cm³/mol. The van der Waals surface area contributed by atoms with E-state index in [0.29, 0.717) is 44.3 Å². The maximum absolute atomic E-state index is 13.4. The standard InChI is InChI=1S/C25H28Cl2N4O5S/c1-4-35-24(34)20-18(11-31-13-25(2,3)36-12-15(31)10-19(32)33)29-22(23-28-7-8-37-23)30-21(20)16-6-5-14(26)9-17(16)27/h5-9,15,21H,4,10-13H2,1-3H3,(H,29,30)(H,32,33). The molecule has 1 aromatic heterocycles. The first-order valence-electron chi connectivity index (χ1n) is 11.8. The van der Waals surface area contributed by atoms with E-state index in [4.69, 9.17) is 37.7 Å². The van der Waals surface area contributed by atoms with Gasteiger partial charge in [0.2, 0.25) is 0 Å². The van der Waals surface area contributed by atoms with Gasteiger partial charge in [0.15, 0.2) is 10.8 Å². The zero-order valence-electron chi connectivity index (χ0n) is 20.7. The molecule has 198 valence electrons. The molecule has 0 saturated carbocycles. The number of ether oxygens (including phenoxy) is 2. The van der Waals surface area contributed by atoms with Crippen LogP contribution < -0.4 is 5.32 Å². The number of aliphatic carboxylic acids is 1. The molecule has 0 aliphatic carbocycles. The van der Waals surface area contributed by atoms with E-state index in [2.05, 4.69) is 10.3 Å². The van der Waals surface area contributed by atoms with Crippen molar-refractivity contribution in [2.75, 3.05) is 26.3 Å². The Labute approximate surface area is 229 Å². The fourth-order valence-corrected chi connectivity index (χ4v) is 5.54. The number of nitrogens with one attached hydrogen (secondary N) is 1. The molecule has 0 radical (unpaired) electrons. The zero-order valence-corrected chi connectivity index (χ0v) is 23.0. The summed E-state index contributed by atoms with van der Waals surface area (Å²) in [5, 5.41) is 16.1. The second-order valence-corrected chi connectivity index (χ2v) is 11.1. The summed E-state index contributed by atoms with van der Waals surface area (Å²) in [6, 6.07) is 3.87. The molecule has 2 unspecified atom stereocenters. The monoisotopic (exact) mass is 566 g/mol. The van der Waals surface area contributed by atoms with E-state index in [1.54, 1.807) is 31.3 Å². The Balaban J connectivity index is 1.83. The van der Waals surface area contributed by atoms with Gasteiger partial charge in [0, 0.05) is 52.0 Å². The highest BCUT2D eigenvalue weighted by Gasteiger charge is 2.39. The number of amidine groups is 1. The Bertz CT molecular complexity index is 1230. The number of aliphatic imine (C=N–C) groups is 1. The number of aromatic nitrogens is 1. The molecule has 2 N–H and O–H groups in total. The van der Waals surface area contributed by atoms with E-state index in [0.717, 1.165) is 0 Å². The number of benzene rings is 1. The fourth-order valence-electron chi connectivity index (χ4n) is 4.44. The summed E-state index contributed by atoms with van der Waals surface area (Å²) in [5.74, 6) is -0.980. The lowest BCUT2D eigenvalue weighted by molar-refractivity contribution is -0.147. The van der Waals surface area contributed by atoms with Crippen LogP contribution in [0.25, 0.3) is 0 Å². The maximum atomic E-state index is 13.4. The van der Waals surface area contributed by atoms with Gasteiger partial charge >= 0.3 is 11.9 Å². The Morgan fingerprint density at radius 1 is 1.35 bits per heavy atom. The summed E-state index contributed by atoms with van der Waals surface area (Å²) in [5.41, 5.74) is 0.929.